The Hall–Kier alpha value is -1.38. The van der Waals surface area contributed by atoms with Crippen molar-refractivity contribution in [3.8, 4) is 0 Å². The van der Waals surface area contributed by atoms with Gasteiger partial charge < -0.3 is 4.74 Å². The van der Waals surface area contributed by atoms with Crippen LogP contribution in [0.4, 0.5) is 4.39 Å². The molecule has 172 valence electrons. The molecule has 0 aromatic heterocycles. The Morgan fingerprint density at radius 1 is 0.667 bits per heavy atom. The number of esters is 1. The van der Waals surface area contributed by atoms with Crippen LogP contribution in [0.25, 0.3) is 0 Å². The Morgan fingerprint density at radius 2 is 1.07 bits per heavy atom. The number of unbranched alkanes of at least 4 members (excludes halogenated alkanes) is 16. The summed E-state index contributed by atoms with van der Waals surface area (Å²) in [4.78, 5) is 11.7. The number of ether oxygens (including phenoxy) is 1. The molecule has 0 saturated carbocycles. The average molecular weight is 421 g/mol. The van der Waals surface area contributed by atoms with E-state index in [0.29, 0.717) is 6.42 Å². The molecule has 0 aliphatic carbocycles. The van der Waals surface area contributed by atoms with Crippen LogP contribution in [0.1, 0.15) is 128 Å². The zero-order valence-electron chi connectivity index (χ0n) is 19.4. The molecule has 0 unspecified atom stereocenters. The van der Waals surface area contributed by atoms with Crippen molar-refractivity contribution in [3.05, 3.63) is 35.6 Å². The summed E-state index contributed by atoms with van der Waals surface area (Å²) in [5, 5.41) is 0. The van der Waals surface area contributed by atoms with Gasteiger partial charge in [0.25, 0.3) is 0 Å². The lowest BCUT2D eigenvalue weighted by Crippen LogP contribution is -2.04. The van der Waals surface area contributed by atoms with Gasteiger partial charge in [0.05, 0.1) is 0 Å². The molecule has 0 aliphatic rings. The standard InChI is InChI=1S/C27H45FO2/c1-2-3-4-5-6-7-8-9-10-11-12-13-14-15-16-17-18-19-27(29)30-24-25-20-22-26(28)23-21-25/h20-23H,2-19,24H2,1H3. The molecule has 0 amide bonds. The molecule has 0 N–H and O–H groups in total. The minimum absolute atomic E-state index is 0.153. The first-order valence-corrected chi connectivity index (χ1v) is 12.6. The molecule has 1 rings (SSSR count). The molecule has 1 aromatic rings. The molecule has 0 spiro atoms. The summed E-state index contributed by atoms with van der Waals surface area (Å²) < 4.78 is 18.1. The van der Waals surface area contributed by atoms with Gasteiger partial charge in [0.1, 0.15) is 12.4 Å². The third-order valence-electron chi connectivity index (χ3n) is 5.80. The molecular formula is C27H45FO2. The Morgan fingerprint density at radius 3 is 1.50 bits per heavy atom. The summed E-state index contributed by atoms with van der Waals surface area (Å²) in [6, 6.07) is 6.08. The van der Waals surface area contributed by atoms with Crippen LogP contribution < -0.4 is 0 Å². The van der Waals surface area contributed by atoms with E-state index in [4.69, 9.17) is 4.74 Å². The third kappa shape index (κ3) is 16.4. The van der Waals surface area contributed by atoms with Gasteiger partial charge in [-0.3, -0.25) is 4.79 Å². The van der Waals surface area contributed by atoms with Crippen molar-refractivity contribution in [2.24, 2.45) is 0 Å². The number of benzene rings is 1. The lowest BCUT2D eigenvalue weighted by atomic mass is 10.0. The van der Waals surface area contributed by atoms with Crippen LogP contribution in [0.2, 0.25) is 0 Å². The van der Waals surface area contributed by atoms with Gasteiger partial charge in [-0.1, -0.05) is 122 Å². The van der Waals surface area contributed by atoms with Crippen LogP contribution >= 0.6 is 0 Å². The van der Waals surface area contributed by atoms with E-state index in [9.17, 15) is 9.18 Å². The van der Waals surface area contributed by atoms with Crippen molar-refractivity contribution in [3.63, 3.8) is 0 Å². The number of halogens is 1. The second-order valence-electron chi connectivity index (χ2n) is 8.69. The third-order valence-corrected chi connectivity index (χ3v) is 5.80. The number of hydrogen-bond acceptors (Lipinski definition) is 2. The second kappa shape index (κ2) is 19.6. The summed E-state index contributed by atoms with van der Waals surface area (Å²) in [7, 11) is 0. The first-order valence-electron chi connectivity index (χ1n) is 12.6. The van der Waals surface area contributed by atoms with E-state index in [-0.39, 0.29) is 18.4 Å². The molecule has 0 fully saturated rings. The minimum Gasteiger partial charge on any atom is -0.461 e. The lowest BCUT2D eigenvalue weighted by molar-refractivity contribution is -0.145. The molecule has 0 radical (unpaired) electrons. The van der Waals surface area contributed by atoms with Gasteiger partial charge in [-0.15, -0.1) is 0 Å². The zero-order chi connectivity index (χ0) is 21.7. The number of carbonyl (C=O) groups excluding carboxylic acids is 1. The number of carbonyl (C=O) groups is 1. The van der Waals surface area contributed by atoms with Crippen LogP contribution in [0, 0.1) is 5.82 Å². The molecule has 2 nitrogen and oxygen atoms in total. The fourth-order valence-corrected chi connectivity index (χ4v) is 3.81. The first kappa shape index (κ1) is 26.7. The highest BCUT2D eigenvalue weighted by molar-refractivity contribution is 5.69. The molecule has 0 atom stereocenters. The summed E-state index contributed by atoms with van der Waals surface area (Å²) in [5.74, 6) is -0.422. The zero-order valence-corrected chi connectivity index (χ0v) is 19.4. The van der Waals surface area contributed by atoms with Crippen molar-refractivity contribution in [1.29, 1.82) is 0 Å². The van der Waals surface area contributed by atoms with E-state index >= 15 is 0 Å². The van der Waals surface area contributed by atoms with E-state index in [2.05, 4.69) is 6.92 Å². The number of hydrogen-bond donors (Lipinski definition) is 0. The van der Waals surface area contributed by atoms with Crippen molar-refractivity contribution < 1.29 is 13.9 Å². The van der Waals surface area contributed by atoms with Crippen LogP contribution in [0.5, 0.6) is 0 Å². The lowest BCUT2D eigenvalue weighted by Gasteiger charge is -2.05. The smallest absolute Gasteiger partial charge is 0.306 e. The highest BCUT2D eigenvalue weighted by Crippen LogP contribution is 2.14. The first-order chi connectivity index (χ1) is 14.7. The van der Waals surface area contributed by atoms with Crippen LogP contribution in [0.15, 0.2) is 24.3 Å². The molecule has 30 heavy (non-hydrogen) atoms. The van der Waals surface area contributed by atoms with E-state index in [1.54, 1.807) is 12.1 Å². The molecule has 3 heteroatoms. The molecule has 0 heterocycles. The molecule has 0 aliphatic heterocycles. The van der Waals surface area contributed by atoms with Crippen molar-refractivity contribution >= 4 is 5.97 Å². The number of rotatable bonds is 20. The van der Waals surface area contributed by atoms with Crippen molar-refractivity contribution in [2.45, 2.75) is 129 Å². The predicted molar refractivity (Wildman–Crippen MR) is 125 cm³/mol. The largest absolute Gasteiger partial charge is 0.461 e. The Bertz CT molecular complexity index is 512. The van der Waals surface area contributed by atoms with Crippen LogP contribution in [-0.4, -0.2) is 5.97 Å². The van der Waals surface area contributed by atoms with E-state index in [0.717, 1.165) is 18.4 Å². The molecule has 0 bridgehead atoms. The van der Waals surface area contributed by atoms with Crippen LogP contribution in [-0.2, 0) is 16.1 Å². The van der Waals surface area contributed by atoms with Crippen molar-refractivity contribution in [2.75, 3.05) is 0 Å². The van der Waals surface area contributed by atoms with Gasteiger partial charge in [-0.2, -0.15) is 0 Å². The Balaban J connectivity index is 1.77. The predicted octanol–water partition coefficient (Wildman–Crippen LogP) is 8.91. The molecular weight excluding hydrogens is 375 g/mol. The van der Waals surface area contributed by atoms with Gasteiger partial charge in [0, 0.05) is 6.42 Å². The maximum Gasteiger partial charge on any atom is 0.306 e. The average Bonchev–Trinajstić information content (AvgIpc) is 2.75. The van der Waals surface area contributed by atoms with E-state index in [1.165, 1.54) is 108 Å². The summed E-state index contributed by atoms with van der Waals surface area (Å²) in [5.41, 5.74) is 0.826. The molecule has 1 aromatic carbocycles. The summed E-state index contributed by atoms with van der Waals surface area (Å²) >= 11 is 0. The van der Waals surface area contributed by atoms with Crippen LogP contribution in [0.3, 0.4) is 0 Å². The topological polar surface area (TPSA) is 26.3 Å². The fourth-order valence-electron chi connectivity index (χ4n) is 3.81. The fraction of sp³-hybridized carbons (Fsp3) is 0.741. The van der Waals surface area contributed by atoms with Gasteiger partial charge in [-0.05, 0) is 24.1 Å². The quantitative estimate of drug-likeness (QED) is 0.155. The summed E-state index contributed by atoms with van der Waals surface area (Å²) in [6.45, 7) is 2.51. The molecule has 0 saturated heterocycles. The Labute approximate surface area is 185 Å². The highest BCUT2D eigenvalue weighted by Gasteiger charge is 2.03. The van der Waals surface area contributed by atoms with Gasteiger partial charge in [0.15, 0.2) is 0 Å². The minimum atomic E-state index is -0.270. The van der Waals surface area contributed by atoms with Gasteiger partial charge in [0.2, 0.25) is 0 Å². The highest BCUT2D eigenvalue weighted by atomic mass is 19.1. The normalized spacial score (nSPS) is 11.0. The maximum absolute atomic E-state index is 12.8. The maximum atomic E-state index is 12.8. The Kier molecular flexibility index (Phi) is 17.4. The van der Waals surface area contributed by atoms with Crippen molar-refractivity contribution in [1.82, 2.24) is 0 Å². The summed E-state index contributed by atoms with van der Waals surface area (Å²) in [6.07, 6.45) is 23.2. The second-order valence-corrected chi connectivity index (χ2v) is 8.69. The van der Waals surface area contributed by atoms with E-state index < -0.39 is 0 Å². The SMILES string of the molecule is CCCCCCCCCCCCCCCCCCCC(=O)OCc1ccc(F)cc1. The van der Waals surface area contributed by atoms with Gasteiger partial charge >= 0.3 is 5.97 Å². The monoisotopic (exact) mass is 420 g/mol. The van der Waals surface area contributed by atoms with Gasteiger partial charge in [-0.25, -0.2) is 4.39 Å². The van der Waals surface area contributed by atoms with E-state index in [1.807, 2.05) is 0 Å².